The third-order valence-corrected chi connectivity index (χ3v) is 1.64. The highest BCUT2D eigenvalue weighted by atomic mass is 16.6. The number of hydrogen-bond acceptors (Lipinski definition) is 3. The summed E-state index contributed by atoms with van der Waals surface area (Å²) in [5.41, 5.74) is 0. The van der Waals surface area contributed by atoms with E-state index in [1.165, 1.54) is 0 Å². The van der Waals surface area contributed by atoms with Gasteiger partial charge in [-0.3, -0.25) is 0 Å². The Kier molecular flexibility index (Phi) is 1.03. The molecule has 0 aromatic carbocycles. The first kappa shape index (κ1) is 5.53. The Morgan fingerprint density at radius 1 is 1.60 bits per heavy atom. The molecule has 1 unspecified atom stereocenters. The Morgan fingerprint density at radius 2 is 2.50 bits per heavy atom. The van der Waals surface area contributed by atoms with Crippen LogP contribution in [-0.2, 0) is 9.53 Å². The molecule has 3 nitrogen and oxygen atoms in total. The normalized spacial score (nSPS) is 28.6. The molecule has 52 valence electrons. The summed E-state index contributed by atoms with van der Waals surface area (Å²) in [7, 11) is 0. The summed E-state index contributed by atoms with van der Waals surface area (Å²) in [4.78, 5) is 12.7. The molecule has 0 bridgehead atoms. The number of cyclic esters (lactones) is 1. The second-order valence-electron chi connectivity index (χ2n) is 2.28. The number of fused-ring (bicyclic) bond motifs is 1. The largest absolute Gasteiger partial charge is 0.442 e. The van der Waals surface area contributed by atoms with Crippen LogP contribution in [-0.4, -0.2) is 23.6 Å². The number of nitrogens with zero attached hydrogens (tertiary/aromatic N) is 1. The van der Waals surface area contributed by atoms with E-state index < -0.39 is 0 Å². The van der Waals surface area contributed by atoms with Crippen molar-refractivity contribution >= 4 is 5.97 Å². The topological polar surface area (TPSA) is 29.5 Å². The summed E-state index contributed by atoms with van der Waals surface area (Å²) in [6.07, 6.45) is 7.43. The smallest absolute Gasteiger partial charge is 0.334 e. The Labute approximate surface area is 58.6 Å². The first-order chi connectivity index (χ1) is 4.88. The first-order valence-electron chi connectivity index (χ1n) is 3.15. The molecular weight excluding hydrogens is 130 g/mol. The number of ether oxygens (including phenoxy) is 1. The van der Waals surface area contributed by atoms with Crippen molar-refractivity contribution in [2.75, 3.05) is 6.73 Å². The number of hydrogen-bond donors (Lipinski definition) is 0. The molecule has 0 aromatic heterocycles. The van der Waals surface area contributed by atoms with Crippen LogP contribution in [0.25, 0.3) is 0 Å². The molecule has 0 radical (unpaired) electrons. The van der Waals surface area contributed by atoms with Gasteiger partial charge in [0.05, 0.1) is 0 Å². The molecule has 0 aliphatic carbocycles. The van der Waals surface area contributed by atoms with Gasteiger partial charge < -0.3 is 9.64 Å². The van der Waals surface area contributed by atoms with Gasteiger partial charge in [0.2, 0.25) is 0 Å². The van der Waals surface area contributed by atoms with E-state index in [-0.39, 0.29) is 12.0 Å². The molecule has 0 aromatic rings. The molecule has 1 atom stereocenters. The maximum atomic E-state index is 10.9. The minimum absolute atomic E-state index is 0.152. The number of carbonyl (C=O) groups is 1. The molecule has 2 heterocycles. The third kappa shape index (κ3) is 0.635. The molecule has 2 aliphatic heterocycles. The van der Waals surface area contributed by atoms with Crippen LogP contribution in [0.3, 0.4) is 0 Å². The van der Waals surface area contributed by atoms with Crippen LogP contribution in [0, 0.1) is 0 Å². The van der Waals surface area contributed by atoms with Crippen molar-refractivity contribution in [2.24, 2.45) is 0 Å². The van der Waals surface area contributed by atoms with E-state index in [4.69, 9.17) is 4.74 Å². The summed E-state index contributed by atoms with van der Waals surface area (Å²) >= 11 is 0. The lowest BCUT2D eigenvalue weighted by atomic mass is 10.2. The Bertz CT molecular complexity index is 220. The summed E-state index contributed by atoms with van der Waals surface area (Å²) in [5.74, 6) is -0.152. The average Bonchev–Trinajstić information content (AvgIpc) is 2.34. The minimum Gasteiger partial charge on any atom is -0.442 e. The summed E-state index contributed by atoms with van der Waals surface area (Å²) in [6.45, 7) is 0.393. The van der Waals surface area contributed by atoms with Crippen LogP contribution in [0.1, 0.15) is 0 Å². The van der Waals surface area contributed by atoms with Gasteiger partial charge in [0, 0.05) is 6.20 Å². The monoisotopic (exact) mass is 137 g/mol. The van der Waals surface area contributed by atoms with Crippen LogP contribution >= 0.6 is 0 Å². The maximum absolute atomic E-state index is 10.9. The van der Waals surface area contributed by atoms with Crippen LogP contribution in [0.2, 0.25) is 0 Å². The highest BCUT2D eigenvalue weighted by Crippen LogP contribution is 2.15. The first-order valence-corrected chi connectivity index (χ1v) is 3.15. The zero-order valence-electron chi connectivity index (χ0n) is 5.36. The van der Waals surface area contributed by atoms with E-state index in [9.17, 15) is 4.79 Å². The molecule has 1 saturated heterocycles. The molecule has 0 N–H and O–H groups in total. The molecule has 2 rings (SSSR count). The quantitative estimate of drug-likeness (QED) is 0.448. The number of carbonyl (C=O) groups excluding carboxylic acids is 1. The van der Waals surface area contributed by atoms with E-state index in [2.05, 4.69) is 0 Å². The zero-order chi connectivity index (χ0) is 6.97. The van der Waals surface area contributed by atoms with E-state index >= 15 is 0 Å². The van der Waals surface area contributed by atoms with Gasteiger partial charge >= 0.3 is 5.97 Å². The molecule has 0 spiro atoms. The van der Waals surface area contributed by atoms with Crippen molar-refractivity contribution < 1.29 is 9.53 Å². The second-order valence-corrected chi connectivity index (χ2v) is 2.28. The van der Waals surface area contributed by atoms with Gasteiger partial charge in [-0.1, -0.05) is 12.2 Å². The molecular formula is C7H7NO2. The fraction of sp³-hybridized carbons (Fsp3) is 0.286. The van der Waals surface area contributed by atoms with Crippen molar-refractivity contribution in [3.05, 3.63) is 24.4 Å². The van der Waals surface area contributed by atoms with Gasteiger partial charge in [-0.05, 0) is 6.08 Å². The molecule has 3 heteroatoms. The molecule has 10 heavy (non-hydrogen) atoms. The zero-order valence-corrected chi connectivity index (χ0v) is 5.36. The molecule has 1 fully saturated rings. The summed E-state index contributed by atoms with van der Waals surface area (Å²) < 4.78 is 4.78. The minimum atomic E-state index is -0.162. The lowest BCUT2D eigenvalue weighted by Crippen LogP contribution is -2.27. The lowest BCUT2D eigenvalue weighted by molar-refractivity contribution is -0.138. The predicted octanol–water partition coefficient (Wildman–Crippen LogP) is 0.255. The van der Waals surface area contributed by atoms with Gasteiger partial charge in [0.1, 0.15) is 6.04 Å². The predicted molar refractivity (Wildman–Crippen MR) is 34.9 cm³/mol. The van der Waals surface area contributed by atoms with Crippen LogP contribution in [0.5, 0.6) is 0 Å². The second kappa shape index (κ2) is 1.87. The van der Waals surface area contributed by atoms with E-state index in [1.807, 2.05) is 29.3 Å². The van der Waals surface area contributed by atoms with Crippen molar-refractivity contribution in [1.29, 1.82) is 0 Å². The van der Waals surface area contributed by atoms with Crippen molar-refractivity contribution in [1.82, 2.24) is 4.90 Å². The SMILES string of the molecule is O=C1OCN2C=CC=CC12. The number of rotatable bonds is 0. The maximum Gasteiger partial charge on any atom is 0.334 e. The lowest BCUT2D eigenvalue weighted by Gasteiger charge is -2.15. The fourth-order valence-corrected chi connectivity index (χ4v) is 1.09. The molecule has 0 saturated carbocycles. The van der Waals surface area contributed by atoms with Crippen LogP contribution in [0.4, 0.5) is 0 Å². The van der Waals surface area contributed by atoms with Gasteiger partial charge in [-0.25, -0.2) is 4.79 Å². The van der Waals surface area contributed by atoms with E-state index in [0.717, 1.165) is 0 Å². The standard InChI is InChI=1S/C7H7NO2/c9-7-6-3-1-2-4-8(6)5-10-7/h1-4,6H,5H2. The summed E-state index contributed by atoms with van der Waals surface area (Å²) in [6, 6.07) is -0.162. The number of allylic oxidation sites excluding steroid dienone is 2. The molecule has 2 aliphatic rings. The van der Waals surface area contributed by atoms with Gasteiger partial charge in [0.25, 0.3) is 0 Å². The van der Waals surface area contributed by atoms with E-state index in [1.54, 1.807) is 0 Å². The van der Waals surface area contributed by atoms with Crippen LogP contribution < -0.4 is 0 Å². The fourth-order valence-electron chi connectivity index (χ4n) is 1.09. The van der Waals surface area contributed by atoms with Crippen molar-refractivity contribution in [3.63, 3.8) is 0 Å². The number of esters is 1. The van der Waals surface area contributed by atoms with Gasteiger partial charge in [0.15, 0.2) is 6.73 Å². The van der Waals surface area contributed by atoms with Gasteiger partial charge in [-0.2, -0.15) is 0 Å². The third-order valence-electron chi connectivity index (χ3n) is 1.64. The Hall–Kier alpha value is -1.25. The molecule has 0 amide bonds. The van der Waals surface area contributed by atoms with Crippen molar-refractivity contribution in [2.45, 2.75) is 6.04 Å². The van der Waals surface area contributed by atoms with Gasteiger partial charge in [-0.15, -0.1) is 0 Å². The Morgan fingerprint density at radius 3 is 3.30 bits per heavy atom. The summed E-state index contributed by atoms with van der Waals surface area (Å²) in [5, 5.41) is 0. The average molecular weight is 137 g/mol. The van der Waals surface area contributed by atoms with Crippen molar-refractivity contribution in [3.8, 4) is 0 Å². The highest BCUT2D eigenvalue weighted by Gasteiger charge is 2.30. The van der Waals surface area contributed by atoms with E-state index in [0.29, 0.717) is 6.73 Å². The highest BCUT2D eigenvalue weighted by molar-refractivity contribution is 5.80. The Balaban J connectivity index is 2.27. The van der Waals surface area contributed by atoms with Crippen LogP contribution in [0.15, 0.2) is 24.4 Å².